The minimum absolute atomic E-state index is 0.304. The van der Waals surface area contributed by atoms with Gasteiger partial charge in [-0.1, -0.05) is 212 Å². The maximum Gasteiger partial charge on any atom is 0.249 e. The summed E-state index contributed by atoms with van der Waals surface area (Å²) in [6.07, 6.45) is 39.8. The molecule has 0 saturated carbocycles. The number of hydrogen-bond donors (Lipinski definition) is 7. The molecule has 1 aliphatic rings. The lowest BCUT2D eigenvalue weighted by atomic mass is 9.99. The van der Waals surface area contributed by atoms with Gasteiger partial charge in [-0.05, 0) is 44.9 Å². The number of allylic oxidation sites excluding steroid dienone is 3. The molecule has 10 nitrogen and oxygen atoms in total. The maximum absolute atomic E-state index is 13.1. The molecule has 0 aromatic rings. The Bertz CT molecular complexity index is 1030. The number of aliphatic hydroxyl groups is 6. The van der Waals surface area contributed by atoms with Gasteiger partial charge < -0.3 is 45.4 Å². The zero-order valence-corrected chi connectivity index (χ0v) is 39.3. The third-order valence-electron chi connectivity index (χ3n) is 12.4. The fourth-order valence-corrected chi connectivity index (χ4v) is 8.16. The zero-order chi connectivity index (χ0) is 44.6. The summed E-state index contributed by atoms with van der Waals surface area (Å²) in [5.74, 6) is -0.619. The van der Waals surface area contributed by atoms with Crippen LogP contribution in [0, 0.1) is 0 Å². The molecule has 1 aliphatic heterocycles. The number of aliphatic hydroxyl groups excluding tert-OH is 6. The molecular weight excluding hydrogens is 771 g/mol. The van der Waals surface area contributed by atoms with E-state index in [4.69, 9.17) is 9.47 Å². The van der Waals surface area contributed by atoms with Crippen LogP contribution >= 0.6 is 0 Å². The van der Waals surface area contributed by atoms with Crippen LogP contribution in [0.1, 0.15) is 232 Å². The largest absolute Gasteiger partial charge is 0.394 e. The quantitative estimate of drug-likeness (QED) is 0.0233. The normalized spacial score (nSPS) is 21.1. The van der Waals surface area contributed by atoms with Gasteiger partial charge >= 0.3 is 0 Å². The van der Waals surface area contributed by atoms with E-state index in [1.807, 2.05) is 6.08 Å². The summed E-state index contributed by atoms with van der Waals surface area (Å²) in [7, 11) is 0. The van der Waals surface area contributed by atoms with Crippen LogP contribution in [0.25, 0.3) is 0 Å². The molecule has 0 bridgehead atoms. The first kappa shape index (κ1) is 57.6. The predicted octanol–water partition coefficient (Wildman–Crippen LogP) is 10.4. The lowest BCUT2D eigenvalue weighted by Crippen LogP contribution is -2.60. The Morgan fingerprint density at radius 3 is 1.38 bits per heavy atom. The number of rotatable bonds is 43. The molecule has 1 heterocycles. The Kier molecular flexibility index (Phi) is 39.1. The van der Waals surface area contributed by atoms with E-state index in [0.717, 1.165) is 44.9 Å². The standard InChI is InChI=1S/C51H97NO9/c1-3-5-7-9-11-13-15-17-19-20-21-22-23-24-25-26-28-30-32-34-36-38-40-45(55)50(59)52-43(42-60-51-49(58)48(57)47(56)46(41-53)61-51)44(54)39-37-35-33-31-29-27-18-16-14-12-10-8-6-4-2/h24-25,37,39,43-49,51,53-58H,3-23,26-36,38,40-42H2,1-2H3,(H,52,59)/b25-24-,39-37+. The highest BCUT2D eigenvalue weighted by atomic mass is 16.7. The highest BCUT2D eigenvalue weighted by Crippen LogP contribution is 2.23. The Morgan fingerprint density at radius 2 is 0.951 bits per heavy atom. The highest BCUT2D eigenvalue weighted by molar-refractivity contribution is 5.80. The summed E-state index contributed by atoms with van der Waals surface area (Å²) >= 11 is 0. The zero-order valence-electron chi connectivity index (χ0n) is 39.3. The molecule has 8 unspecified atom stereocenters. The van der Waals surface area contributed by atoms with Crippen molar-refractivity contribution in [2.24, 2.45) is 0 Å². The average Bonchev–Trinajstić information content (AvgIpc) is 3.26. The molecule has 0 spiro atoms. The monoisotopic (exact) mass is 868 g/mol. The first-order chi connectivity index (χ1) is 29.8. The topological polar surface area (TPSA) is 169 Å². The third kappa shape index (κ3) is 31.2. The van der Waals surface area contributed by atoms with Gasteiger partial charge in [0.1, 0.15) is 30.5 Å². The SMILES string of the molecule is CCCCCCCCCCCCCC/C=C\CCCCCCCCC(O)C(=O)NC(COC1OC(CO)C(O)C(O)C1O)C(O)/C=C/CCCCCCCCCCCCCC. The lowest BCUT2D eigenvalue weighted by Gasteiger charge is -2.40. The predicted molar refractivity (Wildman–Crippen MR) is 250 cm³/mol. The van der Waals surface area contributed by atoms with Crippen LogP contribution in [0.5, 0.6) is 0 Å². The summed E-state index contributed by atoms with van der Waals surface area (Å²) in [5.41, 5.74) is 0. The number of hydrogen-bond acceptors (Lipinski definition) is 9. The van der Waals surface area contributed by atoms with Crippen LogP contribution in [0.3, 0.4) is 0 Å². The van der Waals surface area contributed by atoms with Gasteiger partial charge in [0.15, 0.2) is 6.29 Å². The summed E-state index contributed by atoms with van der Waals surface area (Å²) in [6, 6.07) is -0.980. The fraction of sp³-hybridized carbons (Fsp3) is 0.902. The van der Waals surface area contributed by atoms with Crippen molar-refractivity contribution in [3.63, 3.8) is 0 Å². The van der Waals surface area contributed by atoms with Crippen molar-refractivity contribution in [2.45, 2.75) is 281 Å². The molecule has 1 fully saturated rings. The van der Waals surface area contributed by atoms with E-state index in [2.05, 4.69) is 31.3 Å². The van der Waals surface area contributed by atoms with E-state index >= 15 is 0 Å². The molecule has 1 rings (SSSR count). The Balaban J connectivity index is 2.33. The van der Waals surface area contributed by atoms with Crippen LogP contribution in [-0.4, -0.2) is 98.7 Å². The van der Waals surface area contributed by atoms with E-state index in [1.165, 1.54) is 161 Å². The fourth-order valence-electron chi connectivity index (χ4n) is 8.16. The Hall–Kier alpha value is -1.37. The summed E-state index contributed by atoms with van der Waals surface area (Å²) in [6.45, 7) is 3.62. The first-order valence-electron chi connectivity index (χ1n) is 25.7. The van der Waals surface area contributed by atoms with Crippen LogP contribution < -0.4 is 5.32 Å². The van der Waals surface area contributed by atoms with Gasteiger partial charge in [0.05, 0.1) is 25.4 Å². The number of carbonyl (C=O) groups is 1. The van der Waals surface area contributed by atoms with Crippen molar-refractivity contribution in [2.75, 3.05) is 13.2 Å². The van der Waals surface area contributed by atoms with Gasteiger partial charge in [0.2, 0.25) is 5.91 Å². The van der Waals surface area contributed by atoms with Crippen LogP contribution in [0.2, 0.25) is 0 Å². The molecule has 10 heteroatoms. The summed E-state index contributed by atoms with van der Waals surface area (Å²) in [4.78, 5) is 13.1. The van der Waals surface area contributed by atoms with Crippen molar-refractivity contribution in [1.82, 2.24) is 5.32 Å². The van der Waals surface area contributed by atoms with E-state index in [1.54, 1.807) is 6.08 Å². The molecule has 7 N–H and O–H groups in total. The maximum atomic E-state index is 13.1. The second kappa shape index (κ2) is 41.3. The van der Waals surface area contributed by atoms with Crippen molar-refractivity contribution < 1.29 is 44.9 Å². The molecule has 0 aliphatic carbocycles. The van der Waals surface area contributed by atoms with Crippen molar-refractivity contribution in [3.8, 4) is 0 Å². The second-order valence-corrected chi connectivity index (χ2v) is 18.1. The number of ether oxygens (including phenoxy) is 2. The van der Waals surface area contributed by atoms with Gasteiger partial charge in [-0.25, -0.2) is 0 Å². The molecule has 1 amide bonds. The van der Waals surface area contributed by atoms with Gasteiger partial charge in [-0.3, -0.25) is 4.79 Å². The van der Waals surface area contributed by atoms with Crippen molar-refractivity contribution in [1.29, 1.82) is 0 Å². The van der Waals surface area contributed by atoms with Crippen LogP contribution in [0.4, 0.5) is 0 Å². The highest BCUT2D eigenvalue weighted by Gasteiger charge is 2.44. The second-order valence-electron chi connectivity index (χ2n) is 18.1. The number of unbranched alkanes of at least 4 members (excludes halogenated alkanes) is 30. The molecule has 8 atom stereocenters. The molecular formula is C51H97NO9. The lowest BCUT2D eigenvalue weighted by molar-refractivity contribution is -0.302. The molecule has 360 valence electrons. The van der Waals surface area contributed by atoms with E-state index < -0.39 is 61.5 Å². The minimum atomic E-state index is -1.61. The first-order valence-corrected chi connectivity index (χ1v) is 25.7. The minimum Gasteiger partial charge on any atom is -0.394 e. The van der Waals surface area contributed by atoms with E-state index in [-0.39, 0.29) is 6.61 Å². The van der Waals surface area contributed by atoms with Crippen molar-refractivity contribution >= 4 is 5.91 Å². The number of carbonyl (C=O) groups excluding carboxylic acids is 1. The van der Waals surface area contributed by atoms with Crippen LogP contribution in [0.15, 0.2) is 24.3 Å². The van der Waals surface area contributed by atoms with Gasteiger partial charge in [0.25, 0.3) is 0 Å². The number of amides is 1. The van der Waals surface area contributed by atoms with Gasteiger partial charge in [-0.2, -0.15) is 0 Å². The molecule has 0 radical (unpaired) electrons. The van der Waals surface area contributed by atoms with Gasteiger partial charge in [0, 0.05) is 0 Å². The Morgan fingerprint density at radius 1 is 0.557 bits per heavy atom. The van der Waals surface area contributed by atoms with Crippen LogP contribution in [-0.2, 0) is 14.3 Å². The summed E-state index contributed by atoms with van der Waals surface area (Å²) < 4.78 is 11.2. The van der Waals surface area contributed by atoms with E-state index in [0.29, 0.717) is 12.8 Å². The molecule has 61 heavy (non-hydrogen) atoms. The smallest absolute Gasteiger partial charge is 0.249 e. The average molecular weight is 868 g/mol. The Labute approximate surface area is 373 Å². The van der Waals surface area contributed by atoms with E-state index in [9.17, 15) is 35.4 Å². The molecule has 1 saturated heterocycles. The molecule has 0 aromatic heterocycles. The van der Waals surface area contributed by atoms with Gasteiger partial charge in [-0.15, -0.1) is 0 Å². The summed E-state index contributed by atoms with van der Waals surface area (Å²) in [5, 5.41) is 64.8. The molecule has 0 aromatic carbocycles. The van der Waals surface area contributed by atoms with Crippen molar-refractivity contribution in [3.05, 3.63) is 24.3 Å². The number of nitrogens with one attached hydrogen (secondary N) is 1. The third-order valence-corrected chi connectivity index (χ3v) is 12.4.